The standard InChI is InChI=1S/C17H20N2O3S/c1-10-13(23-16(19-10)17(2,3)4)14(20)18-9-11-5-7-12(8-6-11)15(21)22/h5-8H,9H2,1-4H3,(H,18,20)(H,21,22). The average Bonchev–Trinajstić information content (AvgIpc) is 2.87. The van der Waals surface area contributed by atoms with Gasteiger partial charge < -0.3 is 10.4 Å². The highest BCUT2D eigenvalue weighted by atomic mass is 32.1. The summed E-state index contributed by atoms with van der Waals surface area (Å²) in [7, 11) is 0. The average molecular weight is 332 g/mol. The molecule has 23 heavy (non-hydrogen) atoms. The number of rotatable bonds is 4. The van der Waals surface area contributed by atoms with Crippen molar-refractivity contribution < 1.29 is 14.7 Å². The van der Waals surface area contributed by atoms with Crippen LogP contribution in [0.4, 0.5) is 0 Å². The molecule has 1 amide bonds. The lowest BCUT2D eigenvalue weighted by atomic mass is 9.98. The molecule has 0 unspecified atom stereocenters. The molecule has 0 saturated heterocycles. The second-order valence-corrected chi connectivity index (χ2v) is 7.37. The molecule has 0 fully saturated rings. The molecule has 6 heteroatoms. The molecule has 0 atom stereocenters. The van der Waals surface area contributed by atoms with Crippen LogP contribution in [0.3, 0.4) is 0 Å². The van der Waals surface area contributed by atoms with Crippen molar-refractivity contribution in [2.45, 2.75) is 39.7 Å². The number of hydrogen-bond donors (Lipinski definition) is 2. The van der Waals surface area contributed by atoms with Crippen molar-refractivity contribution in [3.63, 3.8) is 0 Å². The van der Waals surface area contributed by atoms with Gasteiger partial charge in [0.15, 0.2) is 0 Å². The molecule has 0 aliphatic rings. The van der Waals surface area contributed by atoms with Gasteiger partial charge in [0.25, 0.3) is 5.91 Å². The van der Waals surface area contributed by atoms with Crippen molar-refractivity contribution >= 4 is 23.2 Å². The zero-order valence-electron chi connectivity index (χ0n) is 13.6. The first-order chi connectivity index (χ1) is 10.7. The summed E-state index contributed by atoms with van der Waals surface area (Å²) >= 11 is 1.42. The third kappa shape index (κ3) is 4.16. The van der Waals surface area contributed by atoms with Crippen molar-refractivity contribution in [1.82, 2.24) is 10.3 Å². The fourth-order valence-electron chi connectivity index (χ4n) is 1.96. The SMILES string of the molecule is Cc1nc(C(C)(C)C)sc1C(=O)NCc1ccc(C(=O)O)cc1. The van der Waals surface area contributed by atoms with Crippen LogP contribution in [0.5, 0.6) is 0 Å². The smallest absolute Gasteiger partial charge is 0.335 e. The van der Waals surface area contributed by atoms with Crippen molar-refractivity contribution in [1.29, 1.82) is 0 Å². The van der Waals surface area contributed by atoms with E-state index in [4.69, 9.17) is 5.11 Å². The molecule has 1 heterocycles. The highest BCUT2D eigenvalue weighted by molar-refractivity contribution is 7.14. The molecule has 1 aromatic heterocycles. The first kappa shape index (κ1) is 17.1. The minimum atomic E-state index is -0.962. The number of benzene rings is 1. The lowest BCUT2D eigenvalue weighted by Crippen LogP contribution is -2.22. The Morgan fingerprint density at radius 3 is 2.30 bits per heavy atom. The van der Waals surface area contributed by atoms with Gasteiger partial charge >= 0.3 is 5.97 Å². The molecule has 2 aromatic rings. The molecule has 2 N–H and O–H groups in total. The Morgan fingerprint density at radius 2 is 1.83 bits per heavy atom. The lowest BCUT2D eigenvalue weighted by Gasteiger charge is -2.13. The van der Waals surface area contributed by atoms with Crippen LogP contribution in [-0.2, 0) is 12.0 Å². The van der Waals surface area contributed by atoms with Crippen LogP contribution in [0.15, 0.2) is 24.3 Å². The fraction of sp³-hybridized carbons (Fsp3) is 0.353. The number of nitrogens with one attached hydrogen (secondary N) is 1. The Balaban J connectivity index is 2.05. The van der Waals surface area contributed by atoms with E-state index in [9.17, 15) is 9.59 Å². The number of nitrogens with zero attached hydrogens (tertiary/aromatic N) is 1. The molecule has 0 aliphatic carbocycles. The van der Waals surface area contributed by atoms with Gasteiger partial charge in [0.05, 0.1) is 16.3 Å². The van der Waals surface area contributed by atoms with E-state index in [1.807, 2.05) is 6.92 Å². The topological polar surface area (TPSA) is 79.3 Å². The Bertz CT molecular complexity index is 727. The first-order valence-electron chi connectivity index (χ1n) is 7.27. The summed E-state index contributed by atoms with van der Waals surface area (Å²) in [5.74, 6) is -1.12. The van der Waals surface area contributed by atoms with Crippen LogP contribution in [0, 0.1) is 6.92 Å². The summed E-state index contributed by atoms with van der Waals surface area (Å²) in [4.78, 5) is 28.2. The van der Waals surface area contributed by atoms with Gasteiger partial charge in [0, 0.05) is 12.0 Å². The third-order valence-electron chi connectivity index (χ3n) is 3.30. The summed E-state index contributed by atoms with van der Waals surface area (Å²) < 4.78 is 0. The van der Waals surface area contributed by atoms with E-state index in [-0.39, 0.29) is 16.9 Å². The predicted molar refractivity (Wildman–Crippen MR) is 90.1 cm³/mol. The fourth-order valence-corrected chi connectivity index (χ4v) is 3.00. The van der Waals surface area contributed by atoms with Crippen LogP contribution in [-0.4, -0.2) is 22.0 Å². The van der Waals surface area contributed by atoms with Gasteiger partial charge in [-0.1, -0.05) is 32.9 Å². The molecule has 1 aromatic carbocycles. The van der Waals surface area contributed by atoms with Gasteiger partial charge in [-0.3, -0.25) is 4.79 Å². The number of aromatic nitrogens is 1. The van der Waals surface area contributed by atoms with Crippen LogP contribution < -0.4 is 5.32 Å². The molecule has 5 nitrogen and oxygen atoms in total. The first-order valence-corrected chi connectivity index (χ1v) is 8.08. The maximum atomic E-state index is 12.3. The van der Waals surface area contributed by atoms with Crippen molar-refractivity contribution in [2.75, 3.05) is 0 Å². The van der Waals surface area contributed by atoms with Gasteiger partial charge in [0.2, 0.25) is 0 Å². The van der Waals surface area contributed by atoms with E-state index in [0.717, 1.165) is 16.3 Å². The maximum absolute atomic E-state index is 12.3. The molecule has 0 radical (unpaired) electrons. The monoisotopic (exact) mass is 332 g/mol. The molecule has 0 spiro atoms. The molecule has 0 aliphatic heterocycles. The number of carboxylic acid groups (broad SMARTS) is 1. The second-order valence-electron chi connectivity index (χ2n) is 6.37. The maximum Gasteiger partial charge on any atom is 0.335 e. The molecule has 0 bridgehead atoms. The van der Waals surface area contributed by atoms with E-state index in [0.29, 0.717) is 11.4 Å². The van der Waals surface area contributed by atoms with Crippen molar-refractivity contribution in [3.05, 3.63) is 51.0 Å². The Hall–Kier alpha value is -2.21. The zero-order valence-corrected chi connectivity index (χ0v) is 14.5. The van der Waals surface area contributed by atoms with Gasteiger partial charge in [-0.05, 0) is 24.6 Å². The number of carbonyl (C=O) groups is 2. The van der Waals surface area contributed by atoms with Crippen molar-refractivity contribution in [3.8, 4) is 0 Å². The van der Waals surface area contributed by atoms with Crippen LogP contribution in [0.25, 0.3) is 0 Å². The van der Waals surface area contributed by atoms with Crippen LogP contribution in [0.1, 0.15) is 57.1 Å². The van der Waals surface area contributed by atoms with E-state index < -0.39 is 5.97 Å². The summed E-state index contributed by atoms with van der Waals surface area (Å²) in [6.45, 7) is 8.38. The predicted octanol–water partition coefficient (Wildman–Crippen LogP) is 3.38. The molecule has 2 rings (SSSR count). The Morgan fingerprint density at radius 1 is 1.22 bits per heavy atom. The highest BCUT2D eigenvalue weighted by Gasteiger charge is 2.22. The Labute approximate surface area is 139 Å². The normalized spacial score (nSPS) is 11.3. The zero-order chi connectivity index (χ0) is 17.2. The van der Waals surface area contributed by atoms with Gasteiger partial charge in [0.1, 0.15) is 4.88 Å². The van der Waals surface area contributed by atoms with Gasteiger partial charge in [-0.2, -0.15) is 0 Å². The molecule has 122 valence electrons. The Kier molecular flexibility index (Phi) is 4.85. The van der Waals surface area contributed by atoms with Gasteiger partial charge in [-0.25, -0.2) is 9.78 Å². The summed E-state index contributed by atoms with van der Waals surface area (Å²) in [6, 6.07) is 6.45. The minimum Gasteiger partial charge on any atom is -0.478 e. The quantitative estimate of drug-likeness (QED) is 0.899. The minimum absolute atomic E-state index is 0.0827. The summed E-state index contributed by atoms with van der Waals surface area (Å²) in [5.41, 5.74) is 1.73. The van der Waals surface area contributed by atoms with E-state index in [2.05, 4.69) is 31.1 Å². The van der Waals surface area contributed by atoms with Crippen molar-refractivity contribution in [2.24, 2.45) is 0 Å². The summed E-state index contributed by atoms with van der Waals surface area (Å²) in [5, 5.41) is 12.7. The lowest BCUT2D eigenvalue weighted by molar-refractivity contribution is 0.0696. The van der Waals surface area contributed by atoms with E-state index >= 15 is 0 Å². The van der Waals surface area contributed by atoms with E-state index in [1.165, 1.54) is 23.5 Å². The molecular formula is C17H20N2O3S. The second kappa shape index (κ2) is 6.50. The molecule has 0 saturated carbocycles. The highest BCUT2D eigenvalue weighted by Crippen LogP contribution is 2.29. The third-order valence-corrected chi connectivity index (χ3v) is 4.88. The largest absolute Gasteiger partial charge is 0.478 e. The summed E-state index contributed by atoms with van der Waals surface area (Å²) in [6.07, 6.45) is 0. The molecular weight excluding hydrogens is 312 g/mol. The van der Waals surface area contributed by atoms with E-state index in [1.54, 1.807) is 12.1 Å². The van der Waals surface area contributed by atoms with Crippen LogP contribution >= 0.6 is 11.3 Å². The van der Waals surface area contributed by atoms with Crippen LogP contribution in [0.2, 0.25) is 0 Å². The van der Waals surface area contributed by atoms with Gasteiger partial charge in [-0.15, -0.1) is 11.3 Å². The number of hydrogen-bond acceptors (Lipinski definition) is 4. The number of aromatic carboxylic acids is 1. The number of thiazole rings is 1. The number of amides is 1. The number of carboxylic acids is 1. The number of aryl methyl sites for hydroxylation is 1. The number of carbonyl (C=O) groups excluding carboxylic acids is 1.